The van der Waals surface area contributed by atoms with Crippen LogP contribution in [0.4, 0.5) is 0 Å². The average Bonchev–Trinajstić information content (AvgIpc) is 2.65. The van der Waals surface area contributed by atoms with Crippen LogP contribution in [0.1, 0.15) is 12.8 Å². The fourth-order valence-electron chi connectivity index (χ4n) is 1.95. The van der Waals surface area contributed by atoms with Gasteiger partial charge in [-0.1, -0.05) is 0 Å². The lowest BCUT2D eigenvalue weighted by atomic mass is 10.2. The Kier molecular flexibility index (Phi) is 5.90. The van der Waals surface area contributed by atoms with Crippen molar-refractivity contribution in [2.45, 2.75) is 25.0 Å². The Bertz CT molecular complexity index is 222. The van der Waals surface area contributed by atoms with Crippen molar-refractivity contribution in [1.29, 1.82) is 0 Å². The lowest BCUT2D eigenvalue weighted by Crippen LogP contribution is -2.37. The van der Waals surface area contributed by atoms with Gasteiger partial charge in [0.05, 0.1) is 25.4 Å². The van der Waals surface area contributed by atoms with E-state index >= 15 is 0 Å². The van der Waals surface area contributed by atoms with Gasteiger partial charge < -0.3 is 14.6 Å². The van der Waals surface area contributed by atoms with Gasteiger partial charge in [-0.3, -0.25) is 9.69 Å². The fraction of sp³-hybridized carbons (Fsp3) is 0.909. The molecular weight excluding hydrogens is 210 g/mol. The van der Waals surface area contributed by atoms with Crippen molar-refractivity contribution in [2.75, 3.05) is 40.5 Å². The number of nitrogens with zero attached hydrogens (tertiary/aromatic N) is 1. The third-order valence-electron chi connectivity index (χ3n) is 3.05. The second-order valence-electron chi connectivity index (χ2n) is 4.13. The predicted octanol–water partition coefficient (Wildman–Crippen LogP) is -0.326. The van der Waals surface area contributed by atoms with Gasteiger partial charge in [0.25, 0.3) is 0 Å². The number of likely N-dealkylation sites (tertiary alicyclic amines) is 1. The number of carbonyl (C=O) groups excluding carboxylic acids is 1. The van der Waals surface area contributed by atoms with Crippen LogP contribution in [0.3, 0.4) is 0 Å². The predicted molar refractivity (Wildman–Crippen MR) is 59.4 cm³/mol. The summed E-state index contributed by atoms with van der Waals surface area (Å²) in [7, 11) is 3.76. The van der Waals surface area contributed by atoms with Gasteiger partial charge in [0.15, 0.2) is 5.78 Å². The highest BCUT2D eigenvalue weighted by atomic mass is 16.5. The van der Waals surface area contributed by atoms with Crippen LogP contribution in [0.2, 0.25) is 0 Å². The molecule has 5 nitrogen and oxygen atoms in total. The first-order valence-electron chi connectivity index (χ1n) is 5.62. The minimum absolute atomic E-state index is 0.178. The molecule has 1 rings (SSSR count). The van der Waals surface area contributed by atoms with Crippen molar-refractivity contribution < 1.29 is 19.4 Å². The highest BCUT2D eigenvalue weighted by Crippen LogP contribution is 2.18. The number of carbonyl (C=O) groups is 1. The average molecular weight is 231 g/mol. The van der Waals surface area contributed by atoms with Crippen LogP contribution in [0, 0.1) is 0 Å². The van der Waals surface area contributed by atoms with Gasteiger partial charge in [0, 0.05) is 20.1 Å². The summed E-state index contributed by atoms with van der Waals surface area (Å²) in [5.41, 5.74) is 0. The fourth-order valence-corrected chi connectivity index (χ4v) is 1.95. The standard InChI is InChI=1S/C11H21NO4/c1-12-5-3-11(15-2)10(12)8-16-6-4-9(14)7-13/h10-11,13H,3-8H2,1-2H3/t10-,11+/m1/s1. The topological polar surface area (TPSA) is 59.0 Å². The first-order valence-corrected chi connectivity index (χ1v) is 5.62. The first kappa shape index (κ1) is 13.6. The van der Waals surface area contributed by atoms with Crippen LogP contribution in [-0.4, -0.2) is 68.5 Å². The van der Waals surface area contributed by atoms with E-state index in [4.69, 9.17) is 14.6 Å². The van der Waals surface area contributed by atoms with Gasteiger partial charge in [-0.2, -0.15) is 0 Å². The maximum atomic E-state index is 10.8. The summed E-state index contributed by atoms with van der Waals surface area (Å²) in [5.74, 6) is -0.178. The summed E-state index contributed by atoms with van der Waals surface area (Å²) in [6.45, 7) is 1.57. The molecule has 94 valence electrons. The number of methoxy groups -OCH3 is 1. The first-order chi connectivity index (χ1) is 7.69. The number of aliphatic hydroxyl groups excluding tert-OH is 1. The monoisotopic (exact) mass is 231 g/mol. The number of ether oxygens (including phenoxy) is 2. The van der Waals surface area contributed by atoms with Gasteiger partial charge in [-0.25, -0.2) is 0 Å². The molecule has 0 saturated carbocycles. The molecule has 5 heteroatoms. The second kappa shape index (κ2) is 6.96. The zero-order valence-corrected chi connectivity index (χ0v) is 10.0. The summed E-state index contributed by atoms with van der Waals surface area (Å²) in [6.07, 6.45) is 1.53. The van der Waals surface area contributed by atoms with Crippen molar-refractivity contribution in [3.8, 4) is 0 Å². The SMILES string of the molecule is CO[C@H]1CCN(C)[C@@H]1COCCC(=O)CO. The Morgan fingerprint density at radius 3 is 2.94 bits per heavy atom. The number of hydrogen-bond acceptors (Lipinski definition) is 5. The van der Waals surface area contributed by atoms with E-state index in [2.05, 4.69) is 4.90 Å². The summed E-state index contributed by atoms with van der Waals surface area (Å²) in [6, 6.07) is 0.272. The molecule has 0 aromatic rings. The van der Waals surface area contributed by atoms with E-state index in [1.54, 1.807) is 7.11 Å². The molecule has 0 aromatic heterocycles. The molecule has 0 unspecified atom stereocenters. The van der Waals surface area contributed by atoms with E-state index in [1.807, 2.05) is 7.05 Å². The van der Waals surface area contributed by atoms with Gasteiger partial charge in [-0.15, -0.1) is 0 Å². The molecule has 1 aliphatic heterocycles. The van der Waals surface area contributed by atoms with E-state index < -0.39 is 6.61 Å². The number of ketones is 1. The molecule has 1 fully saturated rings. The molecule has 0 amide bonds. The number of rotatable bonds is 7. The van der Waals surface area contributed by atoms with E-state index in [0.29, 0.717) is 13.2 Å². The highest BCUT2D eigenvalue weighted by molar-refractivity contribution is 5.79. The number of likely N-dealkylation sites (N-methyl/N-ethyl adjacent to an activating group) is 1. The van der Waals surface area contributed by atoms with Gasteiger partial charge in [0.2, 0.25) is 0 Å². The third kappa shape index (κ3) is 3.83. The molecule has 1 saturated heterocycles. The van der Waals surface area contributed by atoms with Crippen molar-refractivity contribution in [3.05, 3.63) is 0 Å². The van der Waals surface area contributed by atoms with Crippen LogP contribution < -0.4 is 0 Å². The molecule has 0 spiro atoms. The van der Waals surface area contributed by atoms with E-state index in [9.17, 15) is 4.79 Å². The smallest absolute Gasteiger partial charge is 0.160 e. The van der Waals surface area contributed by atoms with Gasteiger partial charge >= 0.3 is 0 Å². The van der Waals surface area contributed by atoms with Crippen molar-refractivity contribution in [1.82, 2.24) is 4.90 Å². The Balaban J connectivity index is 2.18. The van der Waals surface area contributed by atoms with Gasteiger partial charge in [-0.05, 0) is 13.5 Å². The van der Waals surface area contributed by atoms with E-state index in [0.717, 1.165) is 13.0 Å². The molecule has 0 radical (unpaired) electrons. The molecule has 0 aromatic carbocycles. The summed E-state index contributed by atoms with van der Waals surface area (Å²) >= 11 is 0. The molecular formula is C11H21NO4. The lowest BCUT2D eigenvalue weighted by Gasteiger charge is -2.23. The zero-order chi connectivity index (χ0) is 12.0. The summed E-state index contributed by atoms with van der Waals surface area (Å²) in [4.78, 5) is 13.0. The van der Waals surface area contributed by atoms with E-state index in [-0.39, 0.29) is 24.3 Å². The van der Waals surface area contributed by atoms with Gasteiger partial charge in [0.1, 0.15) is 6.61 Å². The second-order valence-corrected chi connectivity index (χ2v) is 4.13. The minimum Gasteiger partial charge on any atom is -0.389 e. The molecule has 1 N–H and O–H groups in total. The largest absolute Gasteiger partial charge is 0.389 e. The Labute approximate surface area is 96.3 Å². The van der Waals surface area contributed by atoms with Crippen molar-refractivity contribution >= 4 is 5.78 Å². The third-order valence-corrected chi connectivity index (χ3v) is 3.05. The molecule has 2 atom stereocenters. The Morgan fingerprint density at radius 2 is 2.31 bits per heavy atom. The Hall–Kier alpha value is -0.490. The summed E-state index contributed by atoms with van der Waals surface area (Å²) < 4.78 is 10.8. The molecule has 1 heterocycles. The van der Waals surface area contributed by atoms with Crippen LogP contribution in [0.5, 0.6) is 0 Å². The van der Waals surface area contributed by atoms with Crippen LogP contribution >= 0.6 is 0 Å². The van der Waals surface area contributed by atoms with Crippen molar-refractivity contribution in [2.24, 2.45) is 0 Å². The Morgan fingerprint density at radius 1 is 1.56 bits per heavy atom. The lowest BCUT2D eigenvalue weighted by molar-refractivity contribution is -0.123. The number of Topliss-reactive ketones (excluding diaryl/α,β-unsaturated/α-hetero) is 1. The van der Waals surface area contributed by atoms with Crippen LogP contribution in [-0.2, 0) is 14.3 Å². The van der Waals surface area contributed by atoms with Crippen LogP contribution in [0.15, 0.2) is 0 Å². The molecule has 0 bridgehead atoms. The number of hydrogen-bond donors (Lipinski definition) is 1. The quantitative estimate of drug-likeness (QED) is 0.608. The van der Waals surface area contributed by atoms with E-state index in [1.165, 1.54) is 0 Å². The van der Waals surface area contributed by atoms with Crippen LogP contribution in [0.25, 0.3) is 0 Å². The number of aliphatic hydroxyl groups is 1. The summed E-state index contributed by atoms with van der Waals surface area (Å²) in [5, 5.41) is 8.53. The maximum absolute atomic E-state index is 10.8. The maximum Gasteiger partial charge on any atom is 0.160 e. The highest BCUT2D eigenvalue weighted by Gasteiger charge is 2.31. The molecule has 1 aliphatic rings. The minimum atomic E-state index is -0.395. The molecule has 0 aliphatic carbocycles. The molecule has 16 heavy (non-hydrogen) atoms. The normalized spacial score (nSPS) is 26.2. The zero-order valence-electron chi connectivity index (χ0n) is 10.0. The van der Waals surface area contributed by atoms with Crippen molar-refractivity contribution in [3.63, 3.8) is 0 Å².